The summed E-state index contributed by atoms with van der Waals surface area (Å²) < 4.78 is 0. The molecule has 0 saturated carbocycles. The number of hydrogen-bond donors (Lipinski definition) is 1. The summed E-state index contributed by atoms with van der Waals surface area (Å²) in [4.78, 5) is 35.0. The van der Waals surface area contributed by atoms with Crippen LogP contribution in [0.3, 0.4) is 0 Å². The van der Waals surface area contributed by atoms with Crippen molar-refractivity contribution >= 4 is 23.2 Å². The molecule has 1 aliphatic rings. The Morgan fingerprint density at radius 2 is 2.26 bits per heavy atom. The topological polar surface area (TPSA) is 75.2 Å². The van der Waals surface area contributed by atoms with Crippen molar-refractivity contribution in [3.63, 3.8) is 0 Å². The second kappa shape index (κ2) is 9.08. The van der Waals surface area contributed by atoms with E-state index < -0.39 is 0 Å². The van der Waals surface area contributed by atoms with E-state index in [-0.39, 0.29) is 23.7 Å². The maximum absolute atomic E-state index is 12.7. The Hall–Kier alpha value is -2.28. The van der Waals surface area contributed by atoms with Crippen LogP contribution in [0, 0.1) is 5.92 Å². The van der Waals surface area contributed by atoms with Crippen LogP contribution in [0.15, 0.2) is 29.9 Å². The maximum atomic E-state index is 12.7. The third kappa shape index (κ3) is 5.13. The predicted octanol–water partition coefficient (Wildman–Crippen LogP) is 2.87. The first kappa shape index (κ1) is 19.5. The number of aromatic nitrogens is 2. The van der Waals surface area contributed by atoms with Crippen molar-refractivity contribution in [2.24, 2.45) is 5.92 Å². The number of likely N-dealkylation sites (tertiary alicyclic amines) is 1. The van der Waals surface area contributed by atoms with Gasteiger partial charge in [0.05, 0.1) is 16.3 Å². The third-order valence-corrected chi connectivity index (χ3v) is 5.80. The number of carbonyl (C=O) groups excluding carboxylic acids is 2. The zero-order valence-corrected chi connectivity index (χ0v) is 16.7. The number of nitrogens with one attached hydrogen (secondary N) is 1. The first-order chi connectivity index (χ1) is 13.0. The molecule has 1 saturated heterocycles. The fourth-order valence-corrected chi connectivity index (χ4v) is 4.16. The van der Waals surface area contributed by atoms with Gasteiger partial charge in [0.25, 0.3) is 5.91 Å². The highest BCUT2D eigenvalue weighted by molar-refractivity contribution is 7.09. The maximum Gasteiger partial charge on any atom is 0.255 e. The van der Waals surface area contributed by atoms with Gasteiger partial charge in [-0.2, -0.15) is 0 Å². The normalized spacial score (nSPS) is 17.1. The molecule has 27 heavy (non-hydrogen) atoms. The van der Waals surface area contributed by atoms with Gasteiger partial charge >= 0.3 is 0 Å². The summed E-state index contributed by atoms with van der Waals surface area (Å²) in [5.74, 6) is 0.396. The number of piperidine rings is 1. The number of thiazole rings is 1. The molecule has 3 heterocycles. The summed E-state index contributed by atoms with van der Waals surface area (Å²) in [5.41, 5.74) is 1.65. The largest absolute Gasteiger partial charge is 0.355 e. The van der Waals surface area contributed by atoms with Crippen molar-refractivity contribution in [2.45, 2.75) is 39.0 Å². The van der Waals surface area contributed by atoms with Crippen molar-refractivity contribution in [3.8, 4) is 0 Å². The number of rotatable bonds is 6. The first-order valence-corrected chi connectivity index (χ1v) is 10.3. The van der Waals surface area contributed by atoms with E-state index >= 15 is 0 Å². The van der Waals surface area contributed by atoms with Crippen LogP contribution in [0.25, 0.3) is 0 Å². The van der Waals surface area contributed by atoms with Gasteiger partial charge < -0.3 is 10.2 Å². The fraction of sp³-hybridized carbons (Fsp3) is 0.500. The lowest BCUT2D eigenvalue weighted by atomic mass is 9.98. The quantitative estimate of drug-likeness (QED) is 0.828. The molecule has 0 radical (unpaired) electrons. The molecule has 0 aliphatic carbocycles. The van der Waals surface area contributed by atoms with Gasteiger partial charge in [-0.15, -0.1) is 11.3 Å². The lowest BCUT2D eigenvalue weighted by molar-refractivity contribution is -0.123. The van der Waals surface area contributed by atoms with Gasteiger partial charge in [-0.3, -0.25) is 14.6 Å². The lowest BCUT2D eigenvalue weighted by Gasteiger charge is -2.31. The second-order valence-electron chi connectivity index (χ2n) is 7.20. The minimum absolute atomic E-state index is 0.00145. The monoisotopic (exact) mass is 386 g/mol. The van der Waals surface area contributed by atoms with Crippen LogP contribution in [-0.2, 0) is 11.2 Å². The van der Waals surface area contributed by atoms with Gasteiger partial charge in [0.1, 0.15) is 0 Å². The summed E-state index contributed by atoms with van der Waals surface area (Å²) in [6, 6.07) is 3.60. The Morgan fingerprint density at radius 1 is 1.41 bits per heavy atom. The summed E-state index contributed by atoms with van der Waals surface area (Å²) >= 11 is 1.66. The Balaban J connectivity index is 1.56. The van der Waals surface area contributed by atoms with E-state index in [0.29, 0.717) is 18.7 Å². The van der Waals surface area contributed by atoms with Crippen molar-refractivity contribution < 1.29 is 9.59 Å². The summed E-state index contributed by atoms with van der Waals surface area (Å²) in [5, 5.41) is 6.08. The number of hydrogen-bond acceptors (Lipinski definition) is 5. The standard InChI is InChI=1S/C20H26N4O2S/c1-14(2)18(25)22-9-7-17-13-27-19(23-17)16-6-4-10-24(12-16)20(26)15-5-3-8-21-11-15/h3,5,8,11,13-14,16H,4,6-7,9-10,12H2,1-2H3,(H,22,25). The molecule has 0 spiro atoms. The number of carbonyl (C=O) groups is 2. The average molecular weight is 387 g/mol. The van der Waals surface area contributed by atoms with Gasteiger partial charge in [0, 0.05) is 55.7 Å². The van der Waals surface area contributed by atoms with Crippen LogP contribution >= 0.6 is 11.3 Å². The number of pyridine rings is 1. The van der Waals surface area contributed by atoms with Crippen LogP contribution in [0.4, 0.5) is 0 Å². The molecular formula is C20H26N4O2S. The van der Waals surface area contributed by atoms with Gasteiger partial charge in [0.15, 0.2) is 0 Å². The molecule has 2 aromatic heterocycles. The van der Waals surface area contributed by atoms with E-state index in [0.717, 1.165) is 36.5 Å². The molecule has 2 aromatic rings. The van der Waals surface area contributed by atoms with Crippen LogP contribution in [-0.4, -0.2) is 46.3 Å². The number of amides is 2. The molecule has 0 bridgehead atoms. The molecule has 3 rings (SSSR count). The minimum Gasteiger partial charge on any atom is -0.355 e. The second-order valence-corrected chi connectivity index (χ2v) is 8.09. The Kier molecular flexibility index (Phi) is 6.55. The number of nitrogens with zero attached hydrogens (tertiary/aromatic N) is 3. The van der Waals surface area contributed by atoms with Gasteiger partial charge in [-0.25, -0.2) is 4.98 Å². The van der Waals surface area contributed by atoms with Gasteiger partial charge in [-0.1, -0.05) is 13.8 Å². The minimum atomic E-state index is 0.00145. The Labute approximate surface area is 164 Å². The zero-order valence-electron chi connectivity index (χ0n) is 15.9. The Morgan fingerprint density at radius 3 is 3.00 bits per heavy atom. The van der Waals surface area contributed by atoms with E-state index in [4.69, 9.17) is 4.98 Å². The smallest absolute Gasteiger partial charge is 0.255 e. The molecular weight excluding hydrogens is 360 g/mol. The molecule has 1 atom stereocenters. The van der Waals surface area contributed by atoms with Crippen molar-refractivity contribution in [2.75, 3.05) is 19.6 Å². The highest BCUT2D eigenvalue weighted by Crippen LogP contribution is 2.30. The van der Waals surface area contributed by atoms with Crippen molar-refractivity contribution in [3.05, 3.63) is 46.2 Å². The van der Waals surface area contributed by atoms with Crippen LogP contribution in [0.1, 0.15) is 53.7 Å². The summed E-state index contributed by atoms with van der Waals surface area (Å²) in [6.45, 7) is 5.86. The molecule has 144 valence electrons. The fourth-order valence-electron chi connectivity index (χ4n) is 3.18. The molecule has 1 fully saturated rings. The average Bonchev–Trinajstić information content (AvgIpc) is 3.17. The van der Waals surface area contributed by atoms with Crippen LogP contribution < -0.4 is 5.32 Å². The molecule has 2 amide bonds. The molecule has 1 N–H and O–H groups in total. The molecule has 6 nitrogen and oxygen atoms in total. The van der Waals surface area contributed by atoms with E-state index in [2.05, 4.69) is 15.7 Å². The molecule has 1 aliphatic heterocycles. The van der Waals surface area contributed by atoms with Crippen molar-refractivity contribution in [1.29, 1.82) is 0 Å². The third-order valence-electron chi connectivity index (χ3n) is 4.74. The predicted molar refractivity (Wildman–Crippen MR) is 106 cm³/mol. The van der Waals surface area contributed by atoms with Crippen LogP contribution in [0.5, 0.6) is 0 Å². The van der Waals surface area contributed by atoms with E-state index in [1.54, 1.807) is 29.8 Å². The first-order valence-electron chi connectivity index (χ1n) is 9.46. The molecule has 1 unspecified atom stereocenters. The SMILES string of the molecule is CC(C)C(=O)NCCc1csc(C2CCCN(C(=O)c3cccnc3)C2)n1. The van der Waals surface area contributed by atoms with Crippen LogP contribution in [0.2, 0.25) is 0 Å². The van der Waals surface area contributed by atoms with Gasteiger partial charge in [0.2, 0.25) is 5.91 Å². The highest BCUT2D eigenvalue weighted by atomic mass is 32.1. The molecule has 0 aromatic carbocycles. The van der Waals surface area contributed by atoms with E-state index in [9.17, 15) is 9.59 Å². The van der Waals surface area contributed by atoms with E-state index in [1.807, 2.05) is 24.8 Å². The van der Waals surface area contributed by atoms with Crippen molar-refractivity contribution in [1.82, 2.24) is 20.2 Å². The van der Waals surface area contributed by atoms with E-state index in [1.165, 1.54) is 0 Å². The zero-order chi connectivity index (χ0) is 19.2. The Bertz CT molecular complexity index is 775. The van der Waals surface area contributed by atoms with Gasteiger partial charge in [-0.05, 0) is 25.0 Å². The summed E-state index contributed by atoms with van der Waals surface area (Å²) in [6.07, 6.45) is 6.07. The lowest BCUT2D eigenvalue weighted by Crippen LogP contribution is -2.39. The summed E-state index contributed by atoms with van der Waals surface area (Å²) in [7, 11) is 0. The molecule has 7 heteroatoms. The highest BCUT2D eigenvalue weighted by Gasteiger charge is 2.27.